The lowest BCUT2D eigenvalue weighted by molar-refractivity contribution is 0.205. The molecule has 0 saturated heterocycles. The van der Waals surface area contributed by atoms with Gasteiger partial charge >= 0.3 is 0 Å². The van der Waals surface area contributed by atoms with Crippen LogP contribution < -0.4 is 5.32 Å². The van der Waals surface area contributed by atoms with Crippen molar-refractivity contribution >= 4 is 0 Å². The molecule has 3 unspecified atom stereocenters. The van der Waals surface area contributed by atoms with Crippen LogP contribution in [-0.4, -0.2) is 15.6 Å². The van der Waals surface area contributed by atoms with Crippen molar-refractivity contribution in [3.05, 3.63) is 18.2 Å². The third kappa shape index (κ3) is 2.46. The van der Waals surface area contributed by atoms with Gasteiger partial charge < -0.3 is 9.88 Å². The van der Waals surface area contributed by atoms with Crippen molar-refractivity contribution in [2.24, 2.45) is 18.9 Å². The van der Waals surface area contributed by atoms with E-state index >= 15 is 0 Å². The first-order chi connectivity index (χ1) is 7.68. The molecule has 0 aliphatic heterocycles. The average Bonchev–Trinajstić information content (AvgIpc) is 2.67. The third-order valence-electron chi connectivity index (χ3n) is 4.17. The van der Waals surface area contributed by atoms with E-state index in [2.05, 4.69) is 35.8 Å². The number of hydrogen-bond donors (Lipinski definition) is 1. The van der Waals surface area contributed by atoms with Gasteiger partial charge in [0.25, 0.3) is 0 Å². The lowest BCUT2D eigenvalue weighted by atomic mass is 9.78. The second kappa shape index (κ2) is 5.00. The van der Waals surface area contributed by atoms with Crippen LogP contribution in [0.25, 0.3) is 0 Å². The Kier molecular flexibility index (Phi) is 3.64. The fourth-order valence-electron chi connectivity index (χ4n) is 2.66. The minimum Gasteiger partial charge on any atom is -0.337 e. The number of aryl methyl sites for hydroxylation is 1. The topological polar surface area (TPSA) is 29.9 Å². The highest BCUT2D eigenvalue weighted by Gasteiger charge is 2.26. The van der Waals surface area contributed by atoms with Crippen LogP contribution in [0.4, 0.5) is 0 Å². The van der Waals surface area contributed by atoms with Gasteiger partial charge in [-0.1, -0.05) is 26.7 Å². The Labute approximate surface area is 98.3 Å². The predicted octanol–water partition coefficient (Wildman–Crippen LogP) is 2.33. The summed E-state index contributed by atoms with van der Waals surface area (Å²) in [5.74, 6) is 1.65. The molecule has 1 saturated carbocycles. The van der Waals surface area contributed by atoms with Gasteiger partial charge in [0.15, 0.2) is 0 Å². The van der Waals surface area contributed by atoms with E-state index in [1.165, 1.54) is 25.0 Å². The standard InChI is InChI=1S/C13H23N3/c1-10-5-4-6-13(11(10)2)15-8-12-7-14-9-16(12)3/h7,9-11,13,15H,4-6,8H2,1-3H3. The highest BCUT2D eigenvalue weighted by molar-refractivity contribution is 4.97. The highest BCUT2D eigenvalue weighted by atomic mass is 15.1. The SMILES string of the molecule is CC1CCCC(NCc2cncn2C)C1C. The summed E-state index contributed by atoms with van der Waals surface area (Å²) in [6.45, 7) is 5.70. The molecule has 1 fully saturated rings. The van der Waals surface area contributed by atoms with Crippen molar-refractivity contribution in [2.75, 3.05) is 0 Å². The molecule has 3 nitrogen and oxygen atoms in total. The van der Waals surface area contributed by atoms with E-state index in [-0.39, 0.29) is 0 Å². The Bertz CT molecular complexity index is 332. The number of imidazole rings is 1. The highest BCUT2D eigenvalue weighted by Crippen LogP contribution is 2.29. The van der Waals surface area contributed by atoms with E-state index in [0.29, 0.717) is 6.04 Å². The van der Waals surface area contributed by atoms with Gasteiger partial charge in [0, 0.05) is 25.8 Å². The van der Waals surface area contributed by atoms with Crippen LogP contribution in [0.15, 0.2) is 12.5 Å². The van der Waals surface area contributed by atoms with Gasteiger partial charge in [-0.15, -0.1) is 0 Å². The Morgan fingerprint density at radius 1 is 1.44 bits per heavy atom. The van der Waals surface area contributed by atoms with Crippen molar-refractivity contribution < 1.29 is 0 Å². The van der Waals surface area contributed by atoms with Gasteiger partial charge in [0.05, 0.1) is 12.0 Å². The number of rotatable bonds is 3. The van der Waals surface area contributed by atoms with Crippen LogP contribution >= 0.6 is 0 Å². The molecule has 1 aromatic heterocycles. The molecule has 0 bridgehead atoms. The average molecular weight is 221 g/mol. The van der Waals surface area contributed by atoms with Crippen LogP contribution in [0, 0.1) is 11.8 Å². The van der Waals surface area contributed by atoms with E-state index in [9.17, 15) is 0 Å². The summed E-state index contributed by atoms with van der Waals surface area (Å²) in [5, 5.41) is 3.68. The van der Waals surface area contributed by atoms with Gasteiger partial charge in [-0.3, -0.25) is 0 Å². The zero-order valence-electron chi connectivity index (χ0n) is 10.6. The maximum absolute atomic E-state index is 4.14. The van der Waals surface area contributed by atoms with Crippen molar-refractivity contribution in [3.63, 3.8) is 0 Å². The summed E-state index contributed by atoms with van der Waals surface area (Å²) in [4.78, 5) is 4.14. The second-order valence-electron chi connectivity index (χ2n) is 5.25. The van der Waals surface area contributed by atoms with Crippen molar-refractivity contribution in [2.45, 2.75) is 45.7 Å². The minimum atomic E-state index is 0.679. The molecule has 0 radical (unpaired) electrons. The maximum Gasteiger partial charge on any atom is 0.0945 e. The second-order valence-corrected chi connectivity index (χ2v) is 5.25. The molecular formula is C13H23N3. The van der Waals surface area contributed by atoms with Crippen LogP contribution in [-0.2, 0) is 13.6 Å². The molecule has 0 amide bonds. The van der Waals surface area contributed by atoms with Gasteiger partial charge in [-0.25, -0.2) is 4.98 Å². The monoisotopic (exact) mass is 221 g/mol. The van der Waals surface area contributed by atoms with Crippen LogP contribution in [0.2, 0.25) is 0 Å². The molecule has 1 aliphatic rings. The van der Waals surface area contributed by atoms with Gasteiger partial charge in [0.2, 0.25) is 0 Å². The zero-order chi connectivity index (χ0) is 11.5. The number of nitrogens with zero attached hydrogens (tertiary/aromatic N) is 2. The minimum absolute atomic E-state index is 0.679. The molecule has 3 heteroatoms. The largest absolute Gasteiger partial charge is 0.337 e. The molecule has 0 aromatic carbocycles. The number of nitrogens with one attached hydrogen (secondary N) is 1. The summed E-state index contributed by atoms with van der Waals surface area (Å²) in [6, 6.07) is 0.679. The molecule has 1 aliphatic carbocycles. The molecule has 1 aromatic rings. The number of aromatic nitrogens is 2. The van der Waals surface area contributed by atoms with E-state index < -0.39 is 0 Å². The molecule has 2 rings (SSSR count). The summed E-state index contributed by atoms with van der Waals surface area (Å²) < 4.78 is 2.09. The predicted molar refractivity (Wildman–Crippen MR) is 66.0 cm³/mol. The Morgan fingerprint density at radius 3 is 2.94 bits per heavy atom. The number of hydrogen-bond acceptors (Lipinski definition) is 2. The molecular weight excluding hydrogens is 198 g/mol. The Morgan fingerprint density at radius 2 is 2.25 bits per heavy atom. The van der Waals surface area contributed by atoms with Gasteiger partial charge in [0.1, 0.15) is 0 Å². The van der Waals surface area contributed by atoms with Crippen molar-refractivity contribution in [1.29, 1.82) is 0 Å². The van der Waals surface area contributed by atoms with E-state index in [1.54, 1.807) is 0 Å². The maximum atomic E-state index is 4.14. The summed E-state index contributed by atoms with van der Waals surface area (Å²) in [6.07, 6.45) is 7.90. The lowest BCUT2D eigenvalue weighted by Gasteiger charge is -2.34. The van der Waals surface area contributed by atoms with E-state index in [0.717, 1.165) is 18.4 Å². The van der Waals surface area contributed by atoms with Crippen LogP contribution in [0.1, 0.15) is 38.8 Å². The zero-order valence-corrected chi connectivity index (χ0v) is 10.6. The summed E-state index contributed by atoms with van der Waals surface area (Å²) >= 11 is 0. The lowest BCUT2D eigenvalue weighted by Crippen LogP contribution is -2.40. The molecule has 0 spiro atoms. The van der Waals surface area contributed by atoms with E-state index in [1.807, 2.05) is 12.5 Å². The Balaban J connectivity index is 1.88. The van der Waals surface area contributed by atoms with Crippen LogP contribution in [0.3, 0.4) is 0 Å². The smallest absolute Gasteiger partial charge is 0.0945 e. The first-order valence-corrected chi connectivity index (χ1v) is 6.37. The van der Waals surface area contributed by atoms with Gasteiger partial charge in [-0.05, 0) is 18.3 Å². The Hall–Kier alpha value is -0.830. The summed E-state index contributed by atoms with van der Waals surface area (Å²) in [7, 11) is 2.05. The third-order valence-corrected chi connectivity index (χ3v) is 4.17. The van der Waals surface area contributed by atoms with E-state index in [4.69, 9.17) is 0 Å². The van der Waals surface area contributed by atoms with Gasteiger partial charge in [-0.2, -0.15) is 0 Å². The molecule has 1 heterocycles. The molecule has 16 heavy (non-hydrogen) atoms. The first kappa shape index (κ1) is 11.6. The van der Waals surface area contributed by atoms with Crippen molar-refractivity contribution in [1.82, 2.24) is 14.9 Å². The quantitative estimate of drug-likeness (QED) is 0.849. The molecule has 3 atom stereocenters. The first-order valence-electron chi connectivity index (χ1n) is 6.37. The van der Waals surface area contributed by atoms with Crippen LogP contribution in [0.5, 0.6) is 0 Å². The summed E-state index contributed by atoms with van der Waals surface area (Å²) in [5.41, 5.74) is 1.27. The fraction of sp³-hybridized carbons (Fsp3) is 0.769. The fourth-order valence-corrected chi connectivity index (χ4v) is 2.66. The molecule has 1 N–H and O–H groups in total. The molecule has 90 valence electrons. The van der Waals surface area contributed by atoms with Crippen molar-refractivity contribution in [3.8, 4) is 0 Å². The normalized spacial score (nSPS) is 30.6.